The van der Waals surface area contributed by atoms with Gasteiger partial charge >= 0.3 is 0 Å². The fourth-order valence-electron chi connectivity index (χ4n) is 3.22. The second-order valence-electron chi connectivity index (χ2n) is 5.60. The van der Waals surface area contributed by atoms with Crippen molar-refractivity contribution in [3.05, 3.63) is 96.9 Å². The van der Waals surface area contributed by atoms with Crippen molar-refractivity contribution >= 4 is 32.3 Å². The van der Waals surface area contributed by atoms with Crippen molar-refractivity contribution in [1.82, 2.24) is 0 Å². The average Bonchev–Trinajstić information content (AvgIpc) is 2.79. The highest BCUT2D eigenvalue weighted by Crippen LogP contribution is 2.39. The van der Waals surface area contributed by atoms with E-state index in [1.165, 1.54) is 6.07 Å². The van der Waals surface area contributed by atoms with Gasteiger partial charge in [-0.2, -0.15) is 0 Å². The maximum absolute atomic E-state index is 8.75. The van der Waals surface area contributed by atoms with E-state index < -0.39 is 12.1 Å². The highest BCUT2D eigenvalue weighted by atomic mass is 14.1. The maximum Gasteiger partial charge on any atom is 0.0636 e. The lowest BCUT2D eigenvalue weighted by molar-refractivity contribution is 1.70. The Morgan fingerprint density at radius 2 is 1.29 bits per heavy atom. The van der Waals surface area contributed by atoms with Crippen LogP contribution >= 0.6 is 0 Å². The molecule has 0 saturated heterocycles. The molecule has 0 atom stereocenters. The molecule has 0 aromatic heterocycles. The summed E-state index contributed by atoms with van der Waals surface area (Å²) in [5.74, 6) is 0. The van der Waals surface area contributed by atoms with Gasteiger partial charge in [-0.3, -0.25) is 0 Å². The van der Waals surface area contributed by atoms with Crippen LogP contribution in [-0.4, -0.2) is 0 Å². The van der Waals surface area contributed by atoms with Crippen LogP contribution in [0.15, 0.2) is 96.9 Å². The van der Waals surface area contributed by atoms with E-state index in [4.69, 9.17) is 11.0 Å². The Bertz CT molecular complexity index is 1600. The first-order chi connectivity index (χ1) is 15.2. The summed E-state index contributed by atoms with van der Waals surface area (Å²) in [4.78, 5) is 0. The van der Waals surface area contributed by atoms with Crippen molar-refractivity contribution in [3.8, 4) is 11.1 Å². The number of fused-ring (bicyclic) bond motifs is 3. The third-order valence-electron chi connectivity index (χ3n) is 4.26. The SMILES string of the molecule is [2H]c1cc2c(-c3cccc4ccccc34)c3c([2H])c([2H])c([2H])c([2H])c3c([2H])c2c([2H])c1[2H]. The molecule has 24 heavy (non-hydrogen) atoms. The molecule has 0 spiro atoms. The highest BCUT2D eigenvalue weighted by molar-refractivity contribution is 6.16. The Morgan fingerprint density at radius 3 is 2.25 bits per heavy atom. The van der Waals surface area contributed by atoms with Crippen LogP contribution in [0.25, 0.3) is 43.4 Å². The van der Waals surface area contributed by atoms with Gasteiger partial charge in [0.2, 0.25) is 0 Å². The van der Waals surface area contributed by atoms with Gasteiger partial charge < -0.3 is 0 Å². The smallest absolute Gasteiger partial charge is 0.0616 e. The van der Waals surface area contributed by atoms with Crippen molar-refractivity contribution in [3.63, 3.8) is 0 Å². The lowest BCUT2D eigenvalue weighted by Crippen LogP contribution is -1.87. The Labute approximate surface area is 152 Å². The quantitative estimate of drug-likeness (QED) is 0.298. The summed E-state index contributed by atoms with van der Waals surface area (Å²) >= 11 is 0. The normalized spacial score (nSPS) is 16.0. The molecule has 0 aliphatic carbocycles. The summed E-state index contributed by atoms with van der Waals surface area (Å²) in [7, 11) is 0. The third-order valence-corrected chi connectivity index (χ3v) is 4.26. The molecule has 0 saturated carbocycles. The summed E-state index contributed by atoms with van der Waals surface area (Å²) < 4.78 is 67.0. The second kappa shape index (κ2) is 5.21. The maximum atomic E-state index is 8.75. The molecule has 0 unspecified atom stereocenters. The van der Waals surface area contributed by atoms with E-state index in [1.54, 1.807) is 0 Å². The number of hydrogen-bond acceptors (Lipinski definition) is 0. The minimum atomic E-state index is -0.450. The molecule has 5 aromatic carbocycles. The number of hydrogen-bond donors (Lipinski definition) is 0. The van der Waals surface area contributed by atoms with Gasteiger partial charge in [0.05, 0.1) is 11.0 Å². The fourth-order valence-corrected chi connectivity index (χ4v) is 3.22. The van der Waals surface area contributed by atoms with E-state index in [0.717, 1.165) is 10.8 Å². The number of rotatable bonds is 1. The van der Waals surface area contributed by atoms with Crippen molar-refractivity contribution < 1.29 is 11.0 Å². The molecule has 0 aliphatic rings. The predicted octanol–water partition coefficient (Wildman–Crippen LogP) is 6.81. The first-order valence-corrected chi connectivity index (χ1v) is 7.65. The van der Waals surface area contributed by atoms with Crippen molar-refractivity contribution in [1.29, 1.82) is 0 Å². The molecule has 0 nitrogen and oxygen atoms in total. The van der Waals surface area contributed by atoms with E-state index in [1.807, 2.05) is 42.5 Å². The molecule has 0 N–H and O–H groups in total. The van der Waals surface area contributed by atoms with E-state index >= 15 is 0 Å². The van der Waals surface area contributed by atoms with Crippen LogP contribution in [0.5, 0.6) is 0 Å². The van der Waals surface area contributed by atoms with Crippen LogP contribution in [-0.2, 0) is 0 Å². The summed E-state index contributed by atoms with van der Waals surface area (Å²) in [6, 6.07) is 12.1. The molecule has 5 aromatic rings. The molecule has 0 heterocycles. The Morgan fingerprint density at radius 1 is 0.542 bits per heavy atom. The predicted molar refractivity (Wildman–Crippen MR) is 104 cm³/mol. The largest absolute Gasteiger partial charge is 0.0636 e. The minimum Gasteiger partial charge on any atom is -0.0616 e. The Kier molecular flexibility index (Phi) is 1.66. The van der Waals surface area contributed by atoms with Gasteiger partial charge in [0.25, 0.3) is 0 Å². The average molecular weight is 312 g/mol. The van der Waals surface area contributed by atoms with Gasteiger partial charge in [0.15, 0.2) is 0 Å². The standard InChI is InChI=1S/C24H16/c1-4-12-20-17(8-1)11-7-15-23(20)24-21-13-5-2-9-18(21)16-19-10-3-6-14-22(19)24/h1-16H/i2D,3D,5D,6D,9D,10D,13D,16D. The summed E-state index contributed by atoms with van der Waals surface area (Å²) in [5, 5.41) is 2.42. The van der Waals surface area contributed by atoms with Crippen LogP contribution in [0, 0.1) is 0 Å². The van der Waals surface area contributed by atoms with Crippen molar-refractivity contribution in [2.24, 2.45) is 0 Å². The van der Waals surface area contributed by atoms with E-state index in [-0.39, 0.29) is 52.4 Å². The summed E-state index contributed by atoms with van der Waals surface area (Å²) in [6.45, 7) is 0. The second-order valence-corrected chi connectivity index (χ2v) is 5.60. The van der Waals surface area contributed by atoms with E-state index in [9.17, 15) is 0 Å². The summed E-state index contributed by atoms with van der Waals surface area (Å²) in [6.07, 6.45) is 0. The van der Waals surface area contributed by atoms with Gasteiger partial charge in [0.1, 0.15) is 0 Å². The highest BCUT2D eigenvalue weighted by Gasteiger charge is 2.11. The van der Waals surface area contributed by atoms with Crippen LogP contribution in [0.4, 0.5) is 0 Å². The van der Waals surface area contributed by atoms with E-state index in [0.29, 0.717) is 16.5 Å². The van der Waals surface area contributed by atoms with Crippen molar-refractivity contribution in [2.75, 3.05) is 0 Å². The van der Waals surface area contributed by atoms with Gasteiger partial charge in [-0.1, -0.05) is 90.8 Å². The Balaban J connectivity index is 2.19. The van der Waals surface area contributed by atoms with Crippen LogP contribution < -0.4 is 0 Å². The molecule has 0 fully saturated rings. The van der Waals surface area contributed by atoms with Crippen molar-refractivity contribution in [2.45, 2.75) is 0 Å². The molecule has 0 amide bonds. The zero-order valence-electron chi connectivity index (χ0n) is 20.6. The molecular weight excluding hydrogens is 288 g/mol. The Hall–Kier alpha value is -3.12. The minimum absolute atomic E-state index is 0.0112. The first kappa shape index (κ1) is 7.63. The fraction of sp³-hybridized carbons (Fsp3) is 0. The third kappa shape index (κ3) is 1.93. The summed E-state index contributed by atoms with van der Waals surface area (Å²) in [5.41, 5.74) is 1.12. The van der Waals surface area contributed by atoms with Crippen LogP contribution in [0.3, 0.4) is 0 Å². The van der Waals surface area contributed by atoms with Gasteiger partial charge in [-0.15, -0.1) is 0 Å². The van der Waals surface area contributed by atoms with Crippen LogP contribution in [0.1, 0.15) is 11.0 Å². The lowest BCUT2D eigenvalue weighted by Gasteiger charge is -2.14. The zero-order valence-corrected chi connectivity index (χ0v) is 12.6. The van der Waals surface area contributed by atoms with Gasteiger partial charge in [-0.25, -0.2) is 0 Å². The van der Waals surface area contributed by atoms with Crippen LogP contribution in [0.2, 0.25) is 0 Å². The molecule has 5 rings (SSSR count). The molecular formula is C24H16. The van der Waals surface area contributed by atoms with E-state index in [2.05, 4.69) is 0 Å². The molecule has 0 radical (unpaired) electrons. The van der Waals surface area contributed by atoms with Gasteiger partial charge in [-0.05, 0) is 49.5 Å². The molecule has 0 heteroatoms. The topological polar surface area (TPSA) is 0 Å². The zero-order chi connectivity index (χ0) is 22.9. The first-order valence-electron chi connectivity index (χ1n) is 11.6. The molecule has 0 bridgehead atoms. The molecule has 112 valence electrons. The number of benzene rings is 5. The van der Waals surface area contributed by atoms with Gasteiger partial charge in [0, 0.05) is 0 Å². The molecule has 0 aliphatic heterocycles. The monoisotopic (exact) mass is 312 g/mol. The lowest BCUT2D eigenvalue weighted by atomic mass is 9.89.